The van der Waals surface area contributed by atoms with Crippen molar-refractivity contribution in [3.05, 3.63) is 47.3 Å². The number of rotatable bonds is 8. The molecule has 1 atom stereocenters. The fourth-order valence-corrected chi connectivity index (χ4v) is 4.18. The summed E-state index contributed by atoms with van der Waals surface area (Å²) in [5.41, 5.74) is 4.66. The van der Waals surface area contributed by atoms with E-state index in [4.69, 9.17) is 0 Å². The molecule has 1 fully saturated rings. The van der Waals surface area contributed by atoms with Gasteiger partial charge in [-0.25, -0.2) is 4.68 Å². The molecule has 0 bridgehead atoms. The van der Waals surface area contributed by atoms with Gasteiger partial charge in [0.25, 0.3) is 0 Å². The number of aryl methyl sites for hydroxylation is 2. The number of aromatic nitrogens is 2. The number of hydrogen-bond donors (Lipinski definition) is 1. The van der Waals surface area contributed by atoms with Crippen LogP contribution >= 0.6 is 0 Å². The van der Waals surface area contributed by atoms with Crippen molar-refractivity contribution in [1.29, 1.82) is 0 Å². The standard InChI is InChI=1S/C23H36N4O/c1-18(2)8-10-26-12-11-25(17-23(26)9-13-28)16-21-6-5-7-22(15-21)27-20(4)14-19(3)24-27/h5-7,14-15,18,23,28H,8-13,16-17H2,1-4H3. The lowest BCUT2D eigenvalue weighted by Gasteiger charge is -2.41. The second-order valence-corrected chi connectivity index (χ2v) is 8.63. The van der Waals surface area contributed by atoms with Gasteiger partial charge in [-0.3, -0.25) is 9.80 Å². The second-order valence-electron chi connectivity index (χ2n) is 8.63. The number of piperazine rings is 1. The van der Waals surface area contributed by atoms with Gasteiger partial charge < -0.3 is 5.11 Å². The average molecular weight is 385 g/mol. The highest BCUT2D eigenvalue weighted by Crippen LogP contribution is 2.19. The zero-order valence-corrected chi connectivity index (χ0v) is 17.9. The van der Waals surface area contributed by atoms with E-state index in [9.17, 15) is 5.11 Å². The minimum atomic E-state index is 0.268. The summed E-state index contributed by atoms with van der Waals surface area (Å²) in [7, 11) is 0. The molecule has 1 unspecified atom stereocenters. The molecule has 28 heavy (non-hydrogen) atoms. The predicted molar refractivity (Wildman–Crippen MR) is 115 cm³/mol. The Hall–Kier alpha value is -1.69. The van der Waals surface area contributed by atoms with E-state index in [0.717, 1.165) is 62.1 Å². The van der Waals surface area contributed by atoms with Gasteiger partial charge in [-0.15, -0.1) is 0 Å². The Kier molecular flexibility index (Phi) is 7.27. The van der Waals surface area contributed by atoms with Gasteiger partial charge >= 0.3 is 0 Å². The average Bonchev–Trinajstić information content (AvgIpc) is 3.00. The van der Waals surface area contributed by atoms with Crippen LogP contribution in [0.4, 0.5) is 0 Å². The van der Waals surface area contributed by atoms with Crippen molar-refractivity contribution in [2.24, 2.45) is 5.92 Å². The molecule has 2 heterocycles. The fourth-order valence-electron chi connectivity index (χ4n) is 4.18. The first-order valence-corrected chi connectivity index (χ1v) is 10.7. The molecule has 5 nitrogen and oxygen atoms in total. The van der Waals surface area contributed by atoms with Crippen LogP contribution in [-0.2, 0) is 6.54 Å². The van der Waals surface area contributed by atoms with Gasteiger partial charge in [-0.05, 0) is 62.9 Å². The molecular weight excluding hydrogens is 348 g/mol. The van der Waals surface area contributed by atoms with Crippen LogP contribution in [0.5, 0.6) is 0 Å². The third-order valence-corrected chi connectivity index (χ3v) is 5.72. The minimum Gasteiger partial charge on any atom is -0.396 e. The van der Waals surface area contributed by atoms with Crippen molar-refractivity contribution in [3.63, 3.8) is 0 Å². The van der Waals surface area contributed by atoms with Crippen LogP contribution in [0.2, 0.25) is 0 Å². The molecule has 0 radical (unpaired) electrons. The van der Waals surface area contributed by atoms with Gasteiger partial charge in [0.1, 0.15) is 0 Å². The number of benzene rings is 1. The normalized spacial score (nSPS) is 18.9. The molecule has 1 saturated heterocycles. The molecule has 1 aliphatic rings. The minimum absolute atomic E-state index is 0.268. The van der Waals surface area contributed by atoms with E-state index in [-0.39, 0.29) is 6.61 Å². The quantitative estimate of drug-likeness (QED) is 0.758. The van der Waals surface area contributed by atoms with Crippen LogP contribution in [0, 0.1) is 19.8 Å². The Morgan fingerprint density at radius 1 is 1.18 bits per heavy atom. The van der Waals surface area contributed by atoms with Crippen molar-refractivity contribution in [2.45, 2.75) is 53.1 Å². The third-order valence-electron chi connectivity index (χ3n) is 5.72. The first kappa shape index (κ1) is 21.0. The zero-order valence-electron chi connectivity index (χ0n) is 17.9. The second kappa shape index (κ2) is 9.68. The lowest BCUT2D eigenvalue weighted by atomic mass is 10.0. The topological polar surface area (TPSA) is 44.5 Å². The Bertz CT molecular complexity index is 755. The first-order valence-electron chi connectivity index (χ1n) is 10.7. The van der Waals surface area contributed by atoms with Crippen molar-refractivity contribution in [1.82, 2.24) is 19.6 Å². The molecule has 5 heteroatoms. The van der Waals surface area contributed by atoms with Crippen LogP contribution in [-0.4, -0.2) is 63.5 Å². The van der Waals surface area contributed by atoms with Gasteiger partial charge in [0.2, 0.25) is 0 Å². The molecule has 1 aliphatic heterocycles. The SMILES string of the molecule is Cc1cc(C)n(-c2cccc(CN3CCN(CCC(C)C)C(CCO)C3)c2)n1. The Balaban J connectivity index is 1.65. The van der Waals surface area contributed by atoms with Crippen LogP contribution < -0.4 is 0 Å². The number of aliphatic hydroxyl groups is 1. The first-order chi connectivity index (χ1) is 13.5. The molecule has 1 aromatic carbocycles. The molecule has 0 aliphatic carbocycles. The van der Waals surface area contributed by atoms with Gasteiger partial charge in [0, 0.05) is 44.5 Å². The summed E-state index contributed by atoms with van der Waals surface area (Å²) >= 11 is 0. The van der Waals surface area contributed by atoms with Crippen LogP contribution in [0.15, 0.2) is 30.3 Å². The Morgan fingerprint density at radius 2 is 2.00 bits per heavy atom. The highest BCUT2D eigenvalue weighted by atomic mass is 16.3. The van der Waals surface area contributed by atoms with E-state index >= 15 is 0 Å². The maximum atomic E-state index is 9.53. The van der Waals surface area contributed by atoms with Crippen LogP contribution in [0.25, 0.3) is 5.69 Å². The molecule has 0 spiro atoms. The summed E-state index contributed by atoms with van der Waals surface area (Å²) in [4.78, 5) is 5.12. The summed E-state index contributed by atoms with van der Waals surface area (Å²) in [5, 5.41) is 14.1. The van der Waals surface area contributed by atoms with E-state index in [2.05, 4.69) is 66.0 Å². The molecule has 1 N–H and O–H groups in total. The van der Waals surface area contributed by atoms with Gasteiger partial charge in [-0.2, -0.15) is 5.10 Å². The molecule has 0 saturated carbocycles. The van der Waals surface area contributed by atoms with Gasteiger partial charge in [0.15, 0.2) is 0 Å². The number of nitrogens with zero attached hydrogens (tertiary/aromatic N) is 4. The monoisotopic (exact) mass is 384 g/mol. The Morgan fingerprint density at radius 3 is 2.68 bits per heavy atom. The largest absolute Gasteiger partial charge is 0.396 e. The zero-order chi connectivity index (χ0) is 20.1. The number of hydrogen-bond acceptors (Lipinski definition) is 4. The maximum Gasteiger partial charge on any atom is 0.0651 e. The highest BCUT2D eigenvalue weighted by Gasteiger charge is 2.26. The molecule has 1 aromatic heterocycles. The smallest absolute Gasteiger partial charge is 0.0651 e. The molecule has 2 aromatic rings. The highest BCUT2D eigenvalue weighted by molar-refractivity contribution is 5.37. The Labute approximate surface area is 170 Å². The van der Waals surface area contributed by atoms with Crippen molar-refractivity contribution in [3.8, 4) is 5.69 Å². The summed E-state index contributed by atoms with van der Waals surface area (Å²) < 4.78 is 2.03. The molecular formula is C23H36N4O. The van der Waals surface area contributed by atoms with Crippen LogP contribution in [0.1, 0.15) is 43.6 Å². The lowest BCUT2D eigenvalue weighted by molar-refractivity contribution is 0.0524. The lowest BCUT2D eigenvalue weighted by Crippen LogP contribution is -2.53. The van der Waals surface area contributed by atoms with Crippen molar-refractivity contribution < 1.29 is 5.11 Å². The summed E-state index contributed by atoms with van der Waals surface area (Å²) in [6.07, 6.45) is 2.09. The van der Waals surface area contributed by atoms with E-state index in [1.54, 1.807) is 0 Å². The third kappa shape index (κ3) is 5.43. The van der Waals surface area contributed by atoms with Crippen molar-refractivity contribution >= 4 is 0 Å². The van der Waals surface area contributed by atoms with E-state index in [0.29, 0.717) is 6.04 Å². The van der Waals surface area contributed by atoms with Gasteiger partial charge in [-0.1, -0.05) is 26.0 Å². The fraction of sp³-hybridized carbons (Fsp3) is 0.609. The number of aliphatic hydroxyl groups excluding tert-OH is 1. The molecule has 0 amide bonds. The maximum absolute atomic E-state index is 9.53. The molecule has 154 valence electrons. The van der Waals surface area contributed by atoms with E-state index in [1.165, 1.54) is 12.0 Å². The van der Waals surface area contributed by atoms with Crippen LogP contribution in [0.3, 0.4) is 0 Å². The summed E-state index contributed by atoms with van der Waals surface area (Å²) in [6, 6.07) is 11.3. The van der Waals surface area contributed by atoms with Gasteiger partial charge in [0.05, 0.1) is 11.4 Å². The summed E-state index contributed by atoms with van der Waals surface area (Å²) in [5.74, 6) is 0.727. The van der Waals surface area contributed by atoms with Crippen molar-refractivity contribution in [2.75, 3.05) is 32.8 Å². The predicted octanol–water partition coefficient (Wildman–Crippen LogP) is 3.40. The van der Waals surface area contributed by atoms with E-state index < -0.39 is 0 Å². The van der Waals surface area contributed by atoms with E-state index in [1.807, 2.05) is 11.6 Å². The summed E-state index contributed by atoms with van der Waals surface area (Å²) in [6.45, 7) is 14.3. The molecule has 3 rings (SSSR count).